The molecule has 6 heteroatoms. The van der Waals surface area contributed by atoms with E-state index in [9.17, 15) is 14.4 Å². The van der Waals surface area contributed by atoms with E-state index in [4.69, 9.17) is 14.2 Å². The van der Waals surface area contributed by atoms with Gasteiger partial charge in [0, 0.05) is 19.3 Å². The van der Waals surface area contributed by atoms with Crippen molar-refractivity contribution in [1.82, 2.24) is 0 Å². The molecule has 382 valence electrons. The van der Waals surface area contributed by atoms with Gasteiger partial charge in [-0.25, -0.2) is 0 Å². The summed E-state index contributed by atoms with van der Waals surface area (Å²) in [5.74, 6) is -1.08. The summed E-state index contributed by atoms with van der Waals surface area (Å²) in [6.45, 7) is 6.19. The molecule has 0 saturated carbocycles. The van der Waals surface area contributed by atoms with E-state index in [2.05, 4.69) is 191 Å². The zero-order valence-corrected chi connectivity index (χ0v) is 43.5. The Morgan fingerprint density at radius 3 is 0.870 bits per heavy atom. The predicted molar refractivity (Wildman–Crippen MR) is 297 cm³/mol. The fraction of sp³-hybridized carbons (Fsp3) is 0.508. The van der Waals surface area contributed by atoms with Gasteiger partial charge in [0.25, 0.3) is 0 Å². The van der Waals surface area contributed by atoms with Crippen molar-refractivity contribution in [2.75, 3.05) is 13.2 Å². The summed E-state index contributed by atoms with van der Waals surface area (Å²) in [6, 6.07) is 0. The van der Waals surface area contributed by atoms with Gasteiger partial charge in [-0.1, -0.05) is 217 Å². The van der Waals surface area contributed by atoms with Gasteiger partial charge in [-0.15, -0.1) is 0 Å². The van der Waals surface area contributed by atoms with E-state index in [-0.39, 0.29) is 38.0 Å². The van der Waals surface area contributed by atoms with Crippen LogP contribution < -0.4 is 0 Å². The van der Waals surface area contributed by atoms with Gasteiger partial charge in [0.1, 0.15) is 13.2 Å². The van der Waals surface area contributed by atoms with Crippen LogP contribution in [0, 0.1) is 0 Å². The van der Waals surface area contributed by atoms with E-state index in [0.29, 0.717) is 19.3 Å². The van der Waals surface area contributed by atoms with Crippen LogP contribution in [-0.4, -0.2) is 37.2 Å². The van der Waals surface area contributed by atoms with Crippen molar-refractivity contribution in [3.8, 4) is 0 Å². The molecule has 0 radical (unpaired) electrons. The Hall–Kier alpha value is -5.23. The zero-order valence-electron chi connectivity index (χ0n) is 43.5. The Morgan fingerprint density at radius 1 is 0.304 bits per heavy atom. The topological polar surface area (TPSA) is 78.9 Å². The molecule has 0 aromatic carbocycles. The van der Waals surface area contributed by atoms with Crippen molar-refractivity contribution < 1.29 is 28.6 Å². The Balaban J connectivity index is 4.35. The quantitative estimate of drug-likeness (QED) is 0.0262. The van der Waals surface area contributed by atoms with Crippen LogP contribution in [0.3, 0.4) is 0 Å². The number of ether oxygens (including phenoxy) is 3. The van der Waals surface area contributed by atoms with Crippen molar-refractivity contribution in [2.24, 2.45) is 0 Å². The lowest BCUT2D eigenvalue weighted by molar-refractivity contribution is -0.167. The van der Waals surface area contributed by atoms with E-state index in [0.717, 1.165) is 135 Å². The highest BCUT2D eigenvalue weighted by atomic mass is 16.6. The number of rotatable bonds is 45. The van der Waals surface area contributed by atoms with E-state index in [1.807, 2.05) is 0 Å². The molecule has 0 aliphatic carbocycles. The first-order chi connectivity index (χ1) is 34.0. The van der Waals surface area contributed by atoms with Gasteiger partial charge < -0.3 is 14.2 Å². The third kappa shape index (κ3) is 53.6. The number of unbranched alkanes of at least 4 members (excludes halogenated alkanes) is 6. The Kier molecular flexibility index (Phi) is 51.2. The van der Waals surface area contributed by atoms with E-state index < -0.39 is 12.1 Å². The van der Waals surface area contributed by atoms with Crippen LogP contribution in [-0.2, 0) is 28.6 Å². The van der Waals surface area contributed by atoms with Crippen molar-refractivity contribution in [3.63, 3.8) is 0 Å². The number of hydrogen-bond acceptors (Lipinski definition) is 6. The molecule has 69 heavy (non-hydrogen) atoms. The Bertz CT molecular complexity index is 1650. The SMILES string of the molecule is CC/C=C\C/C=C\C/C=C\C/C=C\C/C=C\C/C=C\C/C=C\C/C=C\C/C=C\CCCC(=O)OCC(COC(=O)CCCCCCC)OC(=O)CCC/C=C\C/C=C\C/C=C\C/C=C\C/C=C\CC. The molecule has 1 atom stereocenters. The van der Waals surface area contributed by atoms with Gasteiger partial charge in [-0.3, -0.25) is 14.4 Å². The van der Waals surface area contributed by atoms with Crippen molar-refractivity contribution in [1.29, 1.82) is 0 Å². The number of hydrogen-bond donors (Lipinski definition) is 0. The van der Waals surface area contributed by atoms with Gasteiger partial charge in [0.15, 0.2) is 6.10 Å². The number of carbonyl (C=O) groups is 3. The lowest BCUT2D eigenvalue weighted by Crippen LogP contribution is -2.30. The average molecular weight is 947 g/mol. The van der Waals surface area contributed by atoms with E-state index in [1.165, 1.54) is 0 Å². The molecule has 0 aliphatic heterocycles. The van der Waals surface area contributed by atoms with Gasteiger partial charge in [0.05, 0.1) is 0 Å². The molecule has 0 amide bonds. The summed E-state index contributed by atoms with van der Waals surface area (Å²) < 4.78 is 16.5. The molecule has 0 aromatic heterocycles. The maximum absolute atomic E-state index is 12.7. The highest BCUT2D eigenvalue weighted by Crippen LogP contribution is 2.10. The van der Waals surface area contributed by atoms with E-state index in [1.54, 1.807) is 0 Å². The minimum absolute atomic E-state index is 0.128. The lowest BCUT2D eigenvalue weighted by Gasteiger charge is -2.18. The third-order valence-corrected chi connectivity index (χ3v) is 10.2. The molecule has 0 saturated heterocycles. The van der Waals surface area contributed by atoms with Crippen LogP contribution in [0.2, 0.25) is 0 Å². The smallest absolute Gasteiger partial charge is 0.306 e. The zero-order chi connectivity index (χ0) is 50.0. The first kappa shape index (κ1) is 63.8. The first-order valence-electron chi connectivity index (χ1n) is 26.6. The standard InChI is InChI=1S/C63H94O6/c1-4-7-10-13-15-17-19-21-23-25-26-27-28-29-30-31-32-33-34-35-36-38-39-41-43-45-47-50-53-56-62(65)68-59-60(58-67-61(64)55-52-49-12-9-6-3)69-63(66)57-54-51-48-46-44-42-40-37-24-22-20-18-16-14-11-8-5-2/h7-8,10-11,15-18,21-24,26-27,29-30,32-33,35-36,39-42,45-48,60H,4-6,9,12-14,19-20,25,28,31,34,37-38,43-44,49-59H2,1-3H3/b10-7-,11-8-,17-15-,18-16-,23-21-,24-22-,27-26-,30-29-,33-32-,36-35-,41-39-,42-40-,47-45-,48-46-. The van der Waals surface area contributed by atoms with Crippen LogP contribution in [0.4, 0.5) is 0 Å². The molecular weight excluding hydrogens is 853 g/mol. The van der Waals surface area contributed by atoms with Crippen molar-refractivity contribution >= 4 is 17.9 Å². The second-order valence-corrected chi connectivity index (χ2v) is 16.7. The molecular formula is C63H94O6. The first-order valence-corrected chi connectivity index (χ1v) is 26.6. The van der Waals surface area contributed by atoms with Gasteiger partial charge in [0.2, 0.25) is 0 Å². The maximum Gasteiger partial charge on any atom is 0.306 e. The summed E-state index contributed by atoms with van der Waals surface area (Å²) in [7, 11) is 0. The molecule has 1 unspecified atom stereocenters. The molecule has 0 rings (SSSR count). The number of carbonyl (C=O) groups excluding carboxylic acids is 3. The maximum atomic E-state index is 12.7. The lowest BCUT2D eigenvalue weighted by atomic mass is 10.1. The minimum Gasteiger partial charge on any atom is -0.462 e. The average Bonchev–Trinajstić information content (AvgIpc) is 3.35. The minimum atomic E-state index is -0.836. The van der Waals surface area contributed by atoms with Crippen LogP contribution in [0.15, 0.2) is 170 Å². The largest absolute Gasteiger partial charge is 0.462 e. The molecule has 6 nitrogen and oxygen atoms in total. The van der Waals surface area contributed by atoms with Crippen molar-refractivity contribution in [2.45, 2.75) is 194 Å². The van der Waals surface area contributed by atoms with Gasteiger partial charge in [-0.2, -0.15) is 0 Å². The van der Waals surface area contributed by atoms with Crippen LogP contribution >= 0.6 is 0 Å². The summed E-state index contributed by atoms with van der Waals surface area (Å²) >= 11 is 0. The number of allylic oxidation sites excluding steroid dienone is 28. The highest BCUT2D eigenvalue weighted by molar-refractivity contribution is 5.71. The molecule has 0 spiro atoms. The third-order valence-electron chi connectivity index (χ3n) is 10.2. The van der Waals surface area contributed by atoms with E-state index >= 15 is 0 Å². The fourth-order valence-electron chi connectivity index (χ4n) is 6.30. The van der Waals surface area contributed by atoms with Crippen molar-refractivity contribution in [3.05, 3.63) is 170 Å². The summed E-state index contributed by atoms with van der Waals surface area (Å²) in [5, 5.41) is 0. The second kappa shape index (κ2) is 55.4. The van der Waals surface area contributed by atoms with Crippen LogP contribution in [0.1, 0.15) is 188 Å². The number of esters is 3. The van der Waals surface area contributed by atoms with Gasteiger partial charge >= 0.3 is 17.9 Å². The molecule has 0 bridgehead atoms. The molecule has 0 heterocycles. The molecule has 0 aliphatic rings. The van der Waals surface area contributed by atoms with Crippen LogP contribution in [0.5, 0.6) is 0 Å². The molecule has 0 aromatic rings. The Morgan fingerprint density at radius 2 is 0.565 bits per heavy atom. The molecule has 0 fully saturated rings. The fourth-order valence-corrected chi connectivity index (χ4v) is 6.30. The summed E-state index contributed by atoms with van der Waals surface area (Å²) in [4.78, 5) is 37.6. The molecule has 0 N–H and O–H groups in total. The summed E-state index contributed by atoms with van der Waals surface area (Å²) in [6.07, 6.45) is 82.5. The van der Waals surface area contributed by atoms with Gasteiger partial charge in [-0.05, 0) is 122 Å². The predicted octanol–water partition coefficient (Wildman–Crippen LogP) is 18.0. The normalized spacial score (nSPS) is 13.5. The second-order valence-electron chi connectivity index (χ2n) is 16.7. The monoisotopic (exact) mass is 947 g/mol. The highest BCUT2D eigenvalue weighted by Gasteiger charge is 2.19. The van der Waals surface area contributed by atoms with Crippen LogP contribution in [0.25, 0.3) is 0 Å². The Labute approximate surface area is 422 Å². The summed E-state index contributed by atoms with van der Waals surface area (Å²) in [5.41, 5.74) is 0.